The van der Waals surface area contributed by atoms with Crippen LogP contribution in [0.3, 0.4) is 0 Å². The number of carbonyl (C=O) groups is 1. The summed E-state index contributed by atoms with van der Waals surface area (Å²) in [6, 6.07) is 3.04. The largest absolute Gasteiger partial charge is 0.480 e. The molecular formula is C14H19F2NO2. The Hall–Kier alpha value is -1.49. The molecule has 19 heavy (non-hydrogen) atoms. The Morgan fingerprint density at radius 3 is 2.21 bits per heavy atom. The minimum absolute atomic E-state index is 0.0793. The molecule has 106 valence electrons. The predicted molar refractivity (Wildman–Crippen MR) is 68.8 cm³/mol. The number of benzene rings is 1. The first-order valence-corrected chi connectivity index (χ1v) is 6.22. The Balaban J connectivity index is 3.04. The fourth-order valence-electron chi connectivity index (χ4n) is 2.09. The van der Waals surface area contributed by atoms with Crippen LogP contribution in [0.5, 0.6) is 0 Å². The Bertz CT molecular complexity index is 429. The summed E-state index contributed by atoms with van der Waals surface area (Å²) in [7, 11) is 0. The lowest BCUT2D eigenvalue weighted by Crippen LogP contribution is -2.36. The maximum Gasteiger partial charge on any atom is 0.317 e. The zero-order valence-corrected chi connectivity index (χ0v) is 11.4. The van der Waals surface area contributed by atoms with Crippen LogP contribution >= 0.6 is 0 Å². The monoisotopic (exact) mass is 271 g/mol. The van der Waals surface area contributed by atoms with Crippen molar-refractivity contribution in [1.82, 2.24) is 4.90 Å². The second-order valence-corrected chi connectivity index (χ2v) is 5.03. The van der Waals surface area contributed by atoms with E-state index < -0.39 is 23.6 Å². The van der Waals surface area contributed by atoms with E-state index in [4.69, 9.17) is 5.11 Å². The van der Waals surface area contributed by atoms with Crippen molar-refractivity contribution in [3.63, 3.8) is 0 Å². The van der Waals surface area contributed by atoms with Crippen LogP contribution in [-0.4, -0.2) is 29.1 Å². The summed E-state index contributed by atoms with van der Waals surface area (Å²) in [4.78, 5) is 12.4. The average molecular weight is 271 g/mol. The summed E-state index contributed by atoms with van der Waals surface area (Å²) >= 11 is 0. The third-order valence-electron chi connectivity index (χ3n) is 2.90. The van der Waals surface area contributed by atoms with Crippen molar-refractivity contribution in [3.05, 3.63) is 35.4 Å². The quantitative estimate of drug-likeness (QED) is 0.864. The van der Waals surface area contributed by atoms with Gasteiger partial charge in [0.2, 0.25) is 0 Å². The molecule has 1 unspecified atom stereocenters. The predicted octanol–water partition coefficient (Wildman–Crippen LogP) is 3.07. The van der Waals surface area contributed by atoms with Crippen LogP contribution < -0.4 is 0 Å². The number of rotatable bonds is 6. The standard InChI is InChI=1S/C14H19F2NO2/c1-9(2)7-17(8-13(18)19)10(3)14-11(15)5-4-6-12(14)16/h4-6,9-10H,7-8H2,1-3H3,(H,18,19). The van der Waals surface area contributed by atoms with Gasteiger partial charge in [0.05, 0.1) is 6.54 Å². The van der Waals surface area contributed by atoms with E-state index in [2.05, 4.69) is 0 Å². The van der Waals surface area contributed by atoms with Gasteiger partial charge in [-0.25, -0.2) is 8.78 Å². The lowest BCUT2D eigenvalue weighted by molar-refractivity contribution is -0.139. The molecule has 0 aliphatic heterocycles. The molecule has 1 aromatic rings. The van der Waals surface area contributed by atoms with Crippen molar-refractivity contribution in [2.45, 2.75) is 26.8 Å². The highest BCUT2D eigenvalue weighted by Crippen LogP contribution is 2.26. The summed E-state index contributed by atoms with van der Waals surface area (Å²) in [5, 5.41) is 8.90. The lowest BCUT2D eigenvalue weighted by Gasteiger charge is -2.29. The second kappa shape index (κ2) is 6.61. The van der Waals surface area contributed by atoms with Crippen LogP contribution in [0.4, 0.5) is 8.78 Å². The maximum atomic E-state index is 13.7. The van der Waals surface area contributed by atoms with Gasteiger partial charge in [0.1, 0.15) is 11.6 Å². The number of carboxylic acid groups (broad SMARTS) is 1. The van der Waals surface area contributed by atoms with Gasteiger partial charge < -0.3 is 5.11 Å². The minimum Gasteiger partial charge on any atom is -0.480 e. The molecule has 0 aromatic heterocycles. The molecule has 0 saturated heterocycles. The Morgan fingerprint density at radius 1 is 1.26 bits per heavy atom. The van der Waals surface area contributed by atoms with E-state index in [1.54, 1.807) is 11.8 Å². The summed E-state index contributed by atoms with van der Waals surface area (Å²) in [6.07, 6.45) is 0. The first kappa shape index (κ1) is 15.6. The molecule has 1 aromatic carbocycles. The number of carboxylic acids is 1. The van der Waals surface area contributed by atoms with E-state index in [0.717, 1.165) is 0 Å². The van der Waals surface area contributed by atoms with E-state index in [9.17, 15) is 13.6 Å². The van der Waals surface area contributed by atoms with Crippen molar-refractivity contribution in [1.29, 1.82) is 0 Å². The highest BCUT2D eigenvalue weighted by atomic mass is 19.1. The van der Waals surface area contributed by atoms with Gasteiger partial charge in [-0.2, -0.15) is 0 Å². The highest BCUT2D eigenvalue weighted by Gasteiger charge is 2.24. The molecule has 0 bridgehead atoms. The Kier molecular flexibility index (Phi) is 5.42. The molecule has 5 heteroatoms. The molecular weight excluding hydrogens is 252 g/mol. The number of hydrogen-bond donors (Lipinski definition) is 1. The first-order valence-electron chi connectivity index (χ1n) is 6.22. The molecule has 0 aliphatic rings. The van der Waals surface area contributed by atoms with Crippen LogP contribution in [0.25, 0.3) is 0 Å². The molecule has 1 rings (SSSR count). The van der Waals surface area contributed by atoms with Gasteiger partial charge in [0.15, 0.2) is 0 Å². The Labute approximate surface area is 111 Å². The normalized spacial score (nSPS) is 13.0. The number of hydrogen-bond acceptors (Lipinski definition) is 2. The van der Waals surface area contributed by atoms with E-state index >= 15 is 0 Å². The van der Waals surface area contributed by atoms with Gasteiger partial charge in [0, 0.05) is 18.2 Å². The van der Waals surface area contributed by atoms with E-state index in [0.29, 0.717) is 6.54 Å². The summed E-state index contributed by atoms with van der Waals surface area (Å²) in [5.41, 5.74) is -0.0793. The van der Waals surface area contributed by atoms with Crippen LogP contribution in [0.1, 0.15) is 32.4 Å². The summed E-state index contributed by atoms with van der Waals surface area (Å²) in [5.74, 6) is -2.10. The molecule has 0 aliphatic carbocycles. The zero-order chi connectivity index (χ0) is 14.6. The van der Waals surface area contributed by atoms with Gasteiger partial charge in [-0.1, -0.05) is 19.9 Å². The van der Waals surface area contributed by atoms with Crippen molar-refractivity contribution in [2.75, 3.05) is 13.1 Å². The van der Waals surface area contributed by atoms with Crippen molar-refractivity contribution >= 4 is 5.97 Å². The number of aliphatic carboxylic acids is 1. The zero-order valence-electron chi connectivity index (χ0n) is 11.4. The van der Waals surface area contributed by atoms with Gasteiger partial charge in [-0.3, -0.25) is 9.69 Å². The molecule has 0 heterocycles. The topological polar surface area (TPSA) is 40.5 Å². The van der Waals surface area contributed by atoms with Crippen LogP contribution in [0.15, 0.2) is 18.2 Å². The highest BCUT2D eigenvalue weighted by molar-refractivity contribution is 5.69. The molecule has 0 saturated carbocycles. The molecule has 1 atom stereocenters. The maximum absolute atomic E-state index is 13.7. The first-order chi connectivity index (χ1) is 8.82. The third kappa shape index (κ3) is 4.28. The van der Waals surface area contributed by atoms with Gasteiger partial charge in [-0.05, 0) is 25.0 Å². The fraction of sp³-hybridized carbons (Fsp3) is 0.500. The SMILES string of the molecule is CC(C)CN(CC(=O)O)C(C)c1c(F)cccc1F. The molecule has 1 N–H and O–H groups in total. The molecule has 0 fully saturated rings. The molecule has 0 spiro atoms. The number of nitrogens with zero attached hydrogens (tertiary/aromatic N) is 1. The van der Waals surface area contributed by atoms with Crippen molar-refractivity contribution in [3.8, 4) is 0 Å². The van der Waals surface area contributed by atoms with Crippen LogP contribution in [0, 0.1) is 17.6 Å². The van der Waals surface area contributed by atoms with Crippen LogP contribution in [-0.2, 0) is 4.79 Å². The van der Waals surface area contributed by atoms with E-state index in [1.165, 1.54) is 18.2 Å². The van der Waals surface area contributed by atoms with Crippen LogP contribution in [0.2, 0.25) is 0 Å². The minimum atomic E-state index is -1.01. The van der Waals surface area contributed by atoms with E-state index in [-0.39, 0.29) is 18.0 Å². The fourth-order valence-corrected chi connectivity index (χ4v) is 2.09. The molecule has 0 amide bonds. The molecule has 3 nitrogen and oxygen atoms in total. The smallest absolute Gasteiger partial charge is 0.317 e. The summed E-state index contributed by atoms with van der Waals surface area (Å²) in [6.45, 7) is 5.69. The second-order valence-electron chi connectivity index (χ2n) is 5.03. The van der Waals surface area contributed by atoms with Crippen molar-refractivity contribution < 1.29 is 18.7 Å². The molecule has 0 radical (unpaired) electrons. The van der Waals surface area contributed by atoms with Crippen molar-refractivity contribution in [2.24, 2.45) is 5.92 Å². The third-order valence-corrected chi connectivity index (χ3v) is 2.90. The lowest BCUT2D eigenvalue weighted by atomic mass is 10.0. The van der Waals surface area contributed by atoms with Gasteiger partial charge in [0.25, 0.3) is 0 Å². The van der Waals surface area contributed by atoms with E-state index in [1.807, 2.05) is 13.8 Å². The van der Waals surface area contributed by atoms with Gasteiger partial charge >= 0.3 is 5.97 Å². The average Bonchev–Trinajstić information content (AvgIpc) is 2.26. The number of halogens is 2. The van der Waals surface area contributed by atoms with Gasteiger partial charge in [-0.15, -0.1) is 0 Å². The summed E-state index contributed by atoms with van der Waals surface area (Å²) < 4.78 is 27.4. The Morgan fingerprint density at radius 2 is 1.79 bits per heavy atom.